The third-order valence-corrected chi connectivity index (χ3v) is 1.76. The van der Waals surface area contributed by atoms with Gasteiger partial charge in [0.25, 0.3) is 0 Å². The molecule has 0 radical (unpaired) electrons. The third-order valence-electron chi connectivity index (χ3n) is 1.76. The molecule has 1 rings (SSSR count). The first-order chi connectivity index (χ1) is 7.91. The summed E-state index contributed by atoms with van der Waals surface area (Å²) in [5, 5.41) is 18.8. The van der Waals surface area contributed by atoms with Gasteiger partial charge in [-0.15, -0.1) is 0 Å². The van der Waals surface area contributed by atoms with Crippen LogP contribution in [0.5, 0.6) is 5.75 Å². The molecule has 92 valence electrons. The van der Waals surface area contributed by atoms with Crippen LogP contribution < -0.4 is 4.74 Å². The molecule has 0 aliphatic carbocycles. The Kier molecular flexibility index (Phi) is 4.25. The van der Waals surface area contributed by atoms with Crippen LogP contribution in [-0.4, -0.2) is 28.8 Å². The van der Waals surface area contributed by atoms with Gasteiger partial charge < -0.3 is 19.7 Å². The van der Waals surface area contributed by atoms with E-state index in [1.54, 1.807) is 30.3 Å². The molecular formula is C12H14O5. The minimum absolute atomic E-state index is 0.167. The molecule has 0 aliphatic rings. The average Bonchev–Trinajstić information content (AvgIpc) is 2.26. The zero-order valence-electron chi connectivity index (χ0n) is 9.42. The number of carbonyl (C=O) groups excluding carboxylic acids is 1. The number of benzene rings is 1. The Morgan fingerprint density at radius 3 is 2.47 bits per heavy atom. The lowest BCUT2D eigenvalue weighted by molar-refractivity contribution is -0.309. The smallest absolute Gasteiger partial charge is 0.358 e. The molecule has 0 unspecified atom stereocenters. The summed E-state index contributed by atoms with van der Waals surface area (Å²) in [5.74, 6) is -3.02. The predicted octanol–water partition coefficient (Wildman–Crippen LogP) is 0.823. The molecule has 0 aliphatic heterocycles. The molecule has 0 saturated heterocycles. The van der Waals surface area contributed by atoms with Crippen LogP contribution in [0.15, 0.2) is 42.5 Å². The Hall–Kier alpha value is -1.85. The fourth-order valence-corrected chi connectivity index (χ4v) is 0.990. The van der Waals surface area contributed by atoms with Crippen molar-refractivity contribution in [2.75, 3.05) is 6.61 Å². The summed E-state index contributed by atoms with van der Waals surface area (Å²) in [6.45, 7) is 4.12. The average molecular weight is 238 g/mol. The topological polar surface area (TPSA) is 76.0 Å². The maximum atomic E-state index is 11.0. The first kappa shape index (κ1) is 13.2. The van der Waals surface area contributed by atoms with Crippen molar-refractivity contribution in [3.05, 3.63) is 42.5 Å². The quantitative estimate of drug-likeness (QED) is 0.451. The number of carbonyl (C=O) groups is 1. The van der Waals surface area contributed by atoms with E-state index in [9.17, 15) is 15.0 Å². The summed E-state index contributed by atoms with van der Waals surface area (Å²) >= 11 is 0. The lowest BCUT2D eigenvalue weighted by Crippen LogP contribution is -2.41. The first-order valence-corrected chi connectivity index (χ1v) is 4.92. The lowest BCUT2D eigenvalue weighted by Gasteiger charge is -2.22. The molecule has 1 aromatic carbocycles. The van der Waals surface area contributed by atoms with Crippen LogP contribution in [-0.2, 0) is 9.53 Å². The van der Waals surface area contributed by atoms with E-state index in [1.165, 1.54) is 6.92 Å². The predicted molar refractivity (Wildman–Crippen MR) is 60.0 cm³/mol. The van der Waals surface area contributed by atoms with E-state index in [0.29, 0.717) is 0 Å². The number of aliphatic hydroxyl groups is 2. The van der Waals surface area contributed by atoms with Gasteiger partial charge in [-0.05, 0) is 19.1 Å². The Bertz CT molecular complexity index is 397. The number of ether oxygens (including phenoxy) is 2. The van der Waals surface area contributed by atoms with Crippen molar-refractivity contribution in [1.29, 1.82) is 0 Å². The molecule has 1 aromatic rings. The van der Waals surface area contributed by atoms with Crippen molar-refractivity contribution in [3.63, 3.8) is 0 Å². The Balaban J connectivity index is 2.52. The number of esters is 1. The van der Waals surface area contributed by atoms with Crippen LogP contribution in [0.25, 0.3) is 0 Å². The van der Waals surface area contributed by atoms with E-state index in [4.69, 9.17) is 4.74 Å². The lowest BCUT2D eigenvalue weighted by atomic mass is 10.3. The molecule has 5 heteroatoms. The highest BCUT2D eigenvalue weighted by Gasteiger charge is 2.28. The van der Waals surface area contributed by atoms with Crippen LogP contribution in [0.3, 0.4) is 0 Å². The van der Waals surface area contributed by atoms with Crippen molar-refractivity contribution in [2.24, 2.45) is 0 Å². The minimum atomic E-state index is -2.56. The Morgan fingerprint density at radius 1 is 1.35 bits per heavy atom. The van der Waals surface area contributed by atoms with Crippen molar-refractivity contribution in [2.45, 2.75) is 12.9 Å². The Morgan fingerprint density at radius 2 is 1.94 bits per heavy atom. The van der Waals surface area contributed by atoms with E-state index in [0.717, 1.165) is 0 Å². The second-order valence-corrected chi connectivity index (χ2v) is 3.51. The Labute approximate surface area is 98.9 Å². The highest BCUT2D eigenvalue weighted by atomic mass is 16.8. The maximum Gasteiger partial charge on any atom is 0.358 e. The summed E-state index contributed by atoms with van der Waals surface area (Å²) in [5.41, 5.74) is 0.167. The van der Waals surface area contributed by atoms with Crippen LogP contribution in [0, 0.1) is 0 Å². The number of para-hydroxylation sites is 1. The van der Waals surface area contributed by atoms with E-state index in [1.807, 2.05) is 0 Å². The zero-order valence-corrected chi connectivity index (χ0v) is 9.42. The maximum absolute atomic E-state index is 11.0. The summed E-state index contributed by atoms with van der Waals surface area (Å²) in [6.07, 6.45) is 0. The molecule has 0 aromatic heterocycles. The molecular weight excluding hydrogens is 224 g/mol. The fraction of sp³-hybridized carbons (Fsp3) is 0.250. The summed E-state index contributed by atoms with van der Waals surface area (Å²) in [7, 11) is 0. The second kappa shape index (κ2) is 5.47. The van der Waals surface area contributed by atoms with E-state index >= 15 is 0 Å². The molecule has 17 heavy (non-hydrogen) atoms. The molecule has 0 bridgehead atoms. The van der Waals surface area contributed by atoms with E-state index in [2.05, 4.69) is 11.3 Å². The molecule has 5 nitrogen and oxygen atoms in total. The minimum Gasteiger partial charge on any atom is -0.452 e. The molecule has 0 spiro atoms. The highest BCUT2D eigenvalue weighted by molar-refractivity contribution is 5.86. The standard InChI is InChI=1S/C12H14O5/c1-9(2)11(13)16-8-12(14,15)17-10-6-4-3-5-7-10/h3-7,14-15H,1,8H2,2H3. The molecule has 2 N–H and O–H groups in total. The van der Waals surface area contributed by atoms with Crippen molar-refractivity contribution < 1.29 is 24.5 Å². The van der Waals surface area contributed by atoms with Crippen molar-refractivity contribution >= 4 is 5.97 Å². The molecule has 0 atom stereocenters. The van der Waals surface area contributed by atoms with Crippen LogP contribution in [0.1, 0.15) is 6.92 Å². The third kappa shape index (κ3) is 4.67. The van der Waals surface area contributed by atoms with Crippen molar-refractivity contribution in [3.8, 4) is 5.75 Å². The van der Waals surface area contributed by atoms with Gasteiger partial charge in [0.15, 0.2) is 6.61 Å². The van der Waals surface area contributed by atoms with Gasteiger partial charge in [0.05, 0.1) is 0 Å². The van der Waals surface area contributed by atoms with Crippen LogP contribution in [0.4, 0.5) is 0 Å². The van der Waals surface area contributed by atoms with Gasteiger partial charge in [-0.25, -0.2) is 4.79 Å². The van der Waals surface area contributed by atoms with Gasteiger partial charge >= 0.3 is 11.9 Å². The number of hydrogen-bond donors (Lipinski definition) is 2. The highest BCUT2D eigenvalue weighted by Crippen LogP contribution is 2.14. The second-order valence-electron chi connectivity index (χ2n) is 3.51. The molecule has 0 heterocycles. The van der Waals surface area contributed by atoms with Gasteiger partial charge in [0, 0.05) is 5.57 Å². The number of hydrogen-bond acceptors (Lipinski definition) is 5. The van der Waals surface area contributed by atoms with Gasteiger partial charge in [0.2, 0.25) is 0 Å². The SMILES string of the molecule is C=C(C)C(=O)OCC(O)(O)Oc1ccccc1. The zero-order chi connectivity index (χ0) is 12.9. The molecule has 0 amide bonds. The largest absolute Gasteiger partial charge is 0.452 e. The van der Waals surface area contributed by atoms with E-state index < -0.39 is 18.5 Å². The number of rotatable bonds is 5. The van der Waals surface area contributed by atoms with Gasteiger partial charge in [-0.3, -0.25) is 0 Å². The molecule has 0 fully saturated rings. The molecule has 0 saturated carbocycles. The first-order valence-electron chi connectivity index (χ1n) is 4.92. The van der Waals surface area contributed by atoms with E-state index in [-0.39, 0.29) is 11.3 Å². The van der Waals surface area contributed by atoms with Crippen LogP contribution in [0.2, 0.25) is 0 Å². The van der Waals surface area contributed by atoms with Gasteiger partial charge in [-0.1, -0.05) is 24.8 Å². The fourth-order valence-electron chi connectivity index (χ4n) is 0.990. The summed E-state index contributed by atoms with van der Waals surface area (Å²) in [6, 6.07) is 8.19. The monoisotopic (exact) mass is 238 g/mol. The van der Waals surface area contributed by atoms with Gasteiger partial charge in [-0.2, -0.15) is 0 Å². The summed E-state index contributed by atoms with van der Waals surface area (Å²) in [4.78, 5) is 11.0. The van der Waals surface area contributed by atoms with Crippen molar-refractivity contribution in [1.82, 2.24) is 0 Å². The summed E-state index contributed by atoms with van der Waals surface area (Å²) < 4.78 is 9.41. The van der Waals surface area contributed by atoms with Gasteiger partial charge in [0.1, 0.15) is 5.75 Å². The van der Waals surface area contributed by atoms with Crippen LogP contribution >= 0.6 is 0 Å². The normalized spacial score (nSPS) is 10.8.